The Morgan fingerprint density at radius 2 is 2.15 bits per heavy atom. The summed E-state index contributed by atoms with van der Waals surface area (Å²) in [5.74, 6) is 0.505. The molecule has 4 heteroatoms. The summed E-state index contributed by atoms with van der Waals surface area (Å²) in [7, 11) is 0. The summed E-state index contributed by atoms with van der Waals surface area (Å²) in [5.41, 5.74) is -0.213. The van der Waals surface area contributed by atoms with Gasteiger partial charge in [0.15, 0.2) is 0 Å². The van der Waals surface area contributed by atoms with Gasteiger partial charge in [-0.05, 0) is 20.8 Å². The highest BCUT2D eigenvalue weighted by molar-refractivity contribution is 5.68. The van der Waals surface area contributed by atoms with Gasteiger partial charge in [-0.3, -0.25) is 0 Å². The van der Waals surface area contributed by atoms with E-state index in [0.29, 0.717) is 12.5 Å². The van der Waals surface area contributed by atoms with Crippen molar-refractivity contribution in [1.29, 1.82) is 0 Å². The zero-order valence-corrected chi connectivity index (χ0v) is 8.52. The minimum atomic E-state index is -0.320. The minimum Gasteiger partial charge on any atom is -0.449 e. The first-order valence-electron chi connectivity index (χ1n) is 4.63. The van der Waals surface area contributed by atoms with E-state index in [1.165, 1.54) is 0 Å². The van der Waals surface area contributed by atoms with Crippen LogP contribution in [0.3, 0.4) is 0 Å². The van der Waals surface area contributed by atoms with Gasteiger partial charge in [0.05, 0.1) is 6.61 Å². The monoisotopic (exact) mass is 186 g/mol. The highest BCUT2D eigenvalue weighted by Gasteiger charge is 2.20. The molecule has 1 heterocycles. The Morgan fingerprint density at radius 1 is 1.54 bits per heavy atom. The molecule has 2 N–H and O–H groups in total. The summed E-state index contributed by atoms with van der Waals surface area (Å²) < 4.78 is 5.03. The van der Waals surface area contributed by atoms with Gasteiger partial charge in [0.2, 0.25) is 0 Å². The molecule has 0 aromatic heterocycles. The number of hydrogen-bond acceptors (Lipinski definition) is 3. The van der Waals surface area contributed by atoms with E-state index in [1.54, 1.807) is 0 Å². The Hall–Kier alpha value is -0.770. The fourth-order valence-electron chi connectivity index (χ4n) is 1.00. The quantitative estimate of drug-likeness (QED) is 0.668. The molecule has 0 saturated carbocycles. The van der Waals surface area contributed by atoms with E-state index in [0.717, 1.165) is 13.1 Å². The smallest absolute Gasteiger partial charge is 0.407 e. The van der Waals surface area contributed by atoms with Gasteiger partial charge in [-0.2, -0.15) is 0 Å². The second kappa shape index (κ2) is 3.96. The van der Waals surface area contributed by atoms with E-state index in [4.69, 9.17) is 4.74 Å². The number of rotatable bonds is 2. The molecule has 1 amide bonds. The minimum absolute atomic E-state index is 0.213. The molecule has 1 rings (SSSR count). The summed E-state index contributed by atoms with van der Waals surface area (Å²) in [5, 5.41) is 5.86. The van der Waals surface area contributed by atoms with Crippen LogP contribution >= 0.6 is 0 Å². The molecule has 0 radical (unpaired) electrons. The summed E-state index contributed by atoms with van der Waals surface area (Å²) in [4.78, 5) is 11.1. The van der Waals surface area contributed by atoms with Crippen LogP contribution in [0.2, 0.25) is 0 Å². The van der Waals surface area contributed by atoms with Crippen molar-refractivity contribution >= 4 is 6.09 Å². The van der Waals surface area contributed by atoms with Crippen molar-refractivity contribution in [2.75, 3.05) is 19.7 Å². The van der Waals surface area contributed by atoms with Gasteiger partial charge >= 0.3 is 6.09 Å². The average molecular weight is 186 g/mol. The zero-order chi connectivity index (χ0) is 9.90. The van der Waals surface area contributed by atoms with Crippen molar-refractivity contribution < 1.29 is 9.53 Å². The Bertz CT molecular complexity index is 183. The standard InChI is InChI=1S/C9H18N2O2/c1-9(2,3)11-8(12)13-6-7-4-10-5-7/h7,10H,4-6H2,1-3H3,(H,11,12). The molecule has 0 spiro atoms. The Balaban J connectivity index is 2.10. The van der Waals surface area contributed by atoms with Gasteiger partial charge in [-0.25, -0.2) is 4.79 Å². The van der Waals surface area contributed by atoms with Gasteiger partial charge < -0.3 is 15.4 Å². The summed E-state index contributed by atoms with van der Waals surface area (Å²) >= 11 is 0. The van der Waals surface area contributed by atoms with Crippen LogP contribution < -0.4 is 10.6 Å². The van der Waals surface area contributed by atoms with Crippen LogP contribution in [0, 0.1) is 5.92 Å². The van der Waals surface area contributed by atoms with Gasteiger partial charge in [0, 0.05) is 24.5 Å². The fourth-order valence-corrected chi connectivity index (χ4v) is 1.00. The number of carbonyl (C=O) groups is 1. The number of carbonyl (C=O) groups excluding carboxylic acids is 1. The second-order valence-electron chi connectivity index (χ2n) is 4.50. The van der Waals surface area contributed by atoms with Crippen molar-refractivity contribution in [3.8, 4) is 0 Å². The number of alkyl carbamates (subject to hydrolysis) is 1. The summed E-state index contributed by atoms with van der Waals surface area (Å²) in [6, 6.07) is 0. The normalized spacial score (nSPS) is 17.8. The maximum atomic E-state index is 11.1. The first-order valence-corrected chi connectivity index (χ1v) is 4.63. The lowest BCUT2D eigenvalue weighted by Crippen LogP contribution is -2.47. The van der Waals surface area contributed by atoms with Crippen molar-refractivity contribution in [1.82, 2.24) is 10.6 Å². The van der Waals surface area contributed by atoms with Crippen molar-refractivity contribution in [3.05, 3.63) is 0 Å². The molecule has 0 unspecified atom stereocenters. The highest BCUT2D eigenvalue weighted by Crippen LogP contribution is 2.04. The molecule has 0 aliphatic carbocycles. The van der Waals surface area contributed by atoms with Crippen molar-refractivity contribution in [2.45, 2.75) is 26.3 Å². The van der Waals surface area contributed by atoms with Crippen LogP contribution in [0.5, 0.6) is 0 Å². The number of hydrogen-bond donors (Lipinski definition) is 2. The Labute approximate surface area is 79.0 Å². The number of nitrogens with one attached hydrogen (secondary N) is 2. The van der Waals surface area contributed by atoms with Crippen LogP contribution in [0.25, 0.3) is 0 Å². The second-order valence-corrected chi connectivity index (χ2v) is 4.50. The van der Waals surface area contributed by atoms with Crippen LogP contribution in [0.4, 0.5) is 4.79 Å². The van der Waals surface area contributed by atoms with E-state index in [-0.39, 0.29) is 11.6 Å². The molecule has 13 heavy (non-hydrogen) atoms. The first kappa shape index (κ1) is 10.3. The predicted octanol–water partition coefficient (Wildman–Crippen LogP) is 0.731. The third-order valence-corrected chi connectivity index (χ3v) is 1.79. The summed E-state index contributed by atoms with van der Waals surface area (Å²) in [6.45, 7) is 8.23. The Kier molecular flexibility index (Phi) is 3.14. The molecule has 0 atom stereocenters. The van der Waals surface area contributed by atoms with Gasteiger partial charge in [0.1, 0.15) is 0 Å². The van der Waals surface area contributed by atoms with E-state index in [1.807, 2.05) is 20.8 Å². The lowest BCUT2D eigenvalue weighted by Gasteiger charge is -2.27. The average Bonchev–Trinajstić information content (AvgIpc) is 1.78. The van der Waals surface area contributed by atoms with Crippen molar-refractivity contribution in [2.24, 2.45) is 5.92 Å². The maximum Gasteiger partial charge on any atom is 0.407 e. The van der Waals surface area contributed by atoms with Crippen LogP contribution in [0.1, 0.15) is 20.8 Å². The SMILES string of the molecule is CC(C)(C)NC(=O)OCC1CNC1. The first-order chi connectivity index (χ1) is 5.97. The molecule has 1 fully saturated rings. The third-order valence-electron chi connectivity index (χ3n) is 1.79. The van der Waals surface area contributed by atoms with E-state index in [9.17, 15) is 4.79 Å². The lowest BCUT2D eigenvalue weighted by molar-refractivity contribution is 0.105. The molecule has 0 aromatic carbocycles. The molecule has 0 aromatic rings. The zero-order valence-electron chi connectivity index (χ0n) is 8.52. The van der Waals surface area contributed by atoms with Crippen LogP contribution in [-0.4, -0.2) is 31.3 Å². The Morgan fingerprint density at radius 3 is 2.54 bits per heavy atom. The molecule has 4 nitrogen and oxygen atoms in total. The third kappa shape index (κ3) is 4.12. The van der Waals surface area contributed by atoms with Crippen LogP contribution in [0.15, 0.2) is 0 Å². The van der Waals surface area contributed by atoms with Crippen LogP contribution in [-0.2, 0) is 4.74 Å². The summed E-state index contributed by atoms with van der Waals surface area (Å²) in [6.07, 6.45) is -0.320. The highest BCUT2D eigenvalue weighted by atomic mass is 16.5. The molecule has 0 bridgehead atoms. The van der Waals surface area contributed by atoms with E-state index >= 15 is 0 Å². The molecular formula is C9H18N2O2. The van der Waals surface area contributed by atoms with Gasteiger partial charge in [-0.1, -0.05) is 0 Å². The van der Waals surface area contributed by atoms with Gasteiger partial charge in [-0.15, -0.1) is 0 Å². The molecular weight excluding hydrogens is 168 g/mol. The topological polar surface area (TPSA) is 50.4 Å². The molecule has 76 valence electrons. The van der Waals surface area contributed by atoms with Gasteiger partial charge in [0.25, 0.3) is 0 Å². The number of amides is 1. The van der Waals surface area contributed by atoms with E-state index < -0.39 is 0 Å². The fraction of sp³-hybridized carbons (Fsp3) is 0.889. The molecule has 1 aliphatic rings. The molecule has 1 saturated heterocycles. The largest absolute Gasteiger partial charge is 0.449 e. The lowest BCUT2D eigenvalue weighted by atomic mass is 10.1. The number of ether oxygens (including phenoxy) is 1. The predicted molar refractivity (Wildman–Crippen MR) is 50.6 cm³/mol. The molecule has 1 aliphatic heterocycles. The van der Waals surface area contributed by atoms with Crippen molar-refractivity contribution in [3.63, 3.8) is 0 Å². The van der Waals surface area contributed by atoms with E-state index in [2.05, 4.69) is 10.6 Å². The maximum absolute atomic E-state index is 11.1.